The Balaban J connectivity index is 3.90. The molecule has 0 aliphatic rings. The maximum atomic E-state index is 12.5. The number of pyridine rings is 1. The number of primary sulfonamides is 1. The number of hydrogen-bond donors (Lipinski definition) is 1. The Morgan fingerprint density at radius 3 is 2.44 bits per heavy atom. The molecule has 0 unspecified atom stereocenters. The SMILES string of the molecule is N#Cc1cnc(C(F)F)c([N+](=O)[O-])c1S(N)(=O)=O. The third-order valence-electron chi connectivity index (χ3n) is 1.83. The van der Waals surface area contributed by atoms with Crippen LogP contribution in [0.5, 0.6) is 0 Å². The second-order valence-electron chi connectivity index (χ2n) is 2.95. The topological polar surface area (TPSA) is 140 Å². The van der Waals surface area contributed by atoms with Gasteiger partial charge in [-0.05, 0) is 0 Å². The Kier molecular flexibility index (Phi) is 3.54. The van der Waals surface area contributed by atoms with Gasteiger partial charge in [-0.2, -0.15) is 5.26 Å². The van der Waals surface area contributed by atoms with Gasteiger partial charge < -0.3 is 0 Å². The van der Waals surface area contributed by atoms with E-state index in [0.717, 1.165) is 0 Å². The normalized spacial score (nSPS) is 11.3. The predicted octanol–water partition coefficient (Wildman–Crippen LogP) is 0.446. The minimum absolute atomic E-state index is 0.494. The van der Waals surface area contributed by atoms with Crippen molar-refractivity contribution < 1.29 is 22.1 Å². The second-order valence-corrected chi connectivity index (χ2v) is 4.45. The van der Waals surface area contributed by atoms with Crippen molar-refractivity contribution in [3.05, 3.63) is 27.6 Å². The van der Waals surface area contributed by atoms with E-state index in [4.69, 9.17) is 5.26 Å². The van der Waals surface area contributed by atoms with Crippen LogP contribution in [0.3, 0.4) is 0 Å². The number of halogens is 2. The summed E-state index contributed by atoms with van der Waals surface area (Å²) >= 11 is 0. The van der Waals surface area contributed by atoms with E-state index < -0.39 is 43.2 Å². The van der Waals surface area contributed by atoms with E-state index in [1.807, 2.05) is 0 Å². The predicted molar refractivity (Wildman–Crippen MR) is 51.9 cm³/mol. The zero-order valence-corrected chi connectivity index (χ0v) is 9.19. The summed E-state index contributed by atoms with van der Waals surface area (Å²) in [5.41, 5.74) is -3.61. The van der Waals surface area contributed by atoms with Crippen LogP contribution in [0.1, 0.15) is 17.7 Å². The molecule has 0 fully saturated rings. The molecule has 0 amide bonds. The van der Waals surface area contributed by atoms with E-state index in [1.54, 1.807) is 0 Å². The summed E-state index contributed by atoms with van der Waals surface area (Å²) < 4.78 is 47.3. The highest BCUT2D eigenvalue weighted by Crippen LogP contribution is 2.33. The molecule has 1 aromatic heterocycles. The largest absolute Gasteiger partial charge is 0.317 e. The first-order chi connectivity index (χ1) is 8.20. The number of hydrogen-bond acceptors (Lipinski definition) is 6. The first kappa shape index (κ1) is 13.9. The number of nitriles is 1. The number of aromatic nitrogens is 1. The van der Waals surface area contributed by atoms with Crippen molar-refractivity contribution in [3.63, 3.8) is 0 Å². The molecule has 1 heterocycles. The molecule has 0 bridgehead atoms. The van der Waals surface area contributed by atoms with Gasteiger partial charge >= 0.3 is 5.69 Å². The van der Waals surface area contributed by atoms with Gasteiger partial charge in [0.2, 0.25) is 10.0 Å². The minimum atomic E-state index is -4.71. The summed E-state index contributed by atoms with van der Waals surface area (Å²) in [4.78, 5) is 11.0. The molecule has 0 aliphatic carbocycles. The minimum Gasteiger partial charge on any atom is -0.258 e. The molecular formula is C7H4F2N4O4S. The van der Waals surface area contributed by atoms with E-state index >= 15 is 0 Å². The average molecular weight is 278 g/mol. The highest BCUT2D eigenvalue weighted by Gasteiger charge is 2.35. The summed E-state index contributed by atoms with van der Waals surface area (Å²) in [5.74, 6) is 0. The fourth-order valence-corrected chi connectivity index (χ4v) is 2.06. The summed E-state index contributed by atoms with van der Waals surface area (Å²) in [5, 5.41) is 23.9. The second kappa shape index (κ2) is 4.59. The molecule has 0 aromatic carbocycles. The number of nitrogens with two attached hydrogens (primary N) is 1. The Hall–Kier alpha value is -2.19. The molecule has 0 saturated heterocycles. The maximum Gasteiger partial charge on any atom is 0.317 e. The molecule has 96 valence electrons. The Bertz CT molecular complexity index is 652. The highest BCUT2D eigenvalue weighted by molar-refractivity contribution is 7.89. The Morgan fingerprint density at radius 1 is 1.56 bits per heavy atom. The van der Waals surface area contributed by atoms with Crippen LogP contribution in [0.15, 0.2) is 11.1 Å². The molecule has 0 aliphatic heterocycles. The summed E-state index contributed by atoms with van der Waals surface area (Å²) in [6.07, 6.45) is -2.88. The van der Waals surface area contributed by atoms with E-state index in [0.29, 0.717) is 6.20 Å². The molecule has 11 heteroatoms. The monoisotopic (exact) mass is 278 g/mol. The van der Waals surface area contributed by atoms with Crippen molar-refractivity contribution in [3.8, 4) is 6.07 Å². The van der Waals surface area contributed by atoms with Crippen LogP contribution >= 0.6 is 0 Å². The van der Waals surface area contributed by atoms with Crippen LogP contribution < -0.4 is 5.14 Å². The highest BCUT2D eigenvalue weighted by atomic mass is 32.2. The molecule has 0 radical (unpaired) electrons. The van der Waals surface area contributed by atoms with Gasteiger partial charge in [-0.15, -0.1) is 0 Å². The van der Waals surface area contributed by atoms with Crippen molar-refractivity contribution in [2.75, 3.05) is 0 Å². The third-order valence-corrected chi connectivity index (χ3v) is 2.81. The zero-order chi connectivity index (χ0) is 14.1. The van der Waals surface area contributed by atoms with E-state index in [-0.39, 0.29) is 0 Å². The number of nitrogens with zero attached hydrogens (tertiary/aromatic N) is 3. The van der Waals surface area contributed by atoms with Gasteiger partial charge in [-0.25, -0.2) is 27.3 Å². The molecule has 8 nitrogen and oxygen atoms in total. The molecule has 18 heavy (non-hydrogen) atoms. The lowest BCUT2D eigenvalue weighted by Gasteiger charge is -2.06. The van der Waals surface area contributed by atoms with Gasteiger partial charge in [0, 0.05) is 6.20 Å². The summed E-state index contributed by atoms with van der Waals surface area (Å²) in [7, 11) is -4.71. The lowest BCUT2D eigenvalue weighted by Crippen LogP contribution is -2.18. The van der Waals surface area contributed by atoms with Crippen molar-refractivity contribution in [1.29, 1.82) is 5.26 Å². The van der Waals surface area contributed by atoms with Gasteiger partial charge in [0.05, 0.1) is 10.5 Å². The fraction of sp³-hybridized carbons (Fsp3) is 0.143. The third kappa shape index (κ3) is 2.39. The van der Waals surface area contributed by atoms with E-state index in [9.17, 15) is 27.3 Å². The fourth-order valence-electron chi connectivity index (χ4n) is 1.20. The van der Waals surface area contributed by atoms with Crippen LogP contribution in [0.4, 0.5) is 14.5 Å². The van der Waals surface area contributed by atoms with Crippen LogP contribution in [-0.2, 0) is 10.0 Å². The quantitative estimate of drug-likeness (QED) is 0.628. The Morgan fingerprint density at radius 2 is 2.11 bits per heavy atom. The molecule has 1 rings (SSSR count). The van der Waals surface area contributed by atoms with Crippen LogP contribution in [0, 0.1) is 21.4 Å². The summed E-state index contributed by atoms with van der Waals surface area (Å²) in [6.45, 7) is 0. The smallest absolute Gasteiger partial charge is 0.258 e. The molecule has 2 N–H and O–H groups in total. The maximum absolute atomic E-state index is 12.5. The van der Waals surface area contributed by atoms with Gasteiger partial charge in [-0.3, -0.25) is 10.1 Å². The Labute approximate surface area is 98.9 Å². The van der Waals surface area contributed by atoms with Crippen molar-refractivity contribution in [2.24, 2.45) is 5.14 Å². The number of sulfonamides is 1. The number of rotatable bonds is 3. The van der Waals surface area contributed by atoms with Crippen LogP contribution in [-0.4, -0.2) is 18.3 Å². The molecular weight excluding hydrogens is 274 g/mol. The molecule has 0 spiro atoms. The van der Waals surface area contributed by atoms with Crippen molar-refractivity contribution in [1.82, 2.24) is 4.98 Å². The van der Waals surface area contributed by atoms with Crippen LogP contribution in [0.25, 0.3) is 0 Å². The van der Waals surface area contributed by atoms with Gasteiger partial charge in [0.1, 0.15) is 6.07 Å². The number of alkyl halides is 2. The van der Waals surface area contributed by atoms with Gasteiger partial charge in [0.15, 0.2) is 10.6 Å². The lowest BCUT2D eigenvalue weighted by atomic mass is 10.2. The first-order valence-electron chi connectivity index (χ1n) is 4.08. The lowest BCUT2D eigenvalue weighted by molar-refractivity contribution is -0.389. The van der Waals surface area contributed by atoms with Crippen molar-refractivity contribution >= 4 is 15.7 Å². The van der Waals surface area contributed by atoms with E-state index in [1.165, 1.54) is 6.07 Å². The number of nitro groups is 1. The van der Waals surface area contributed by atoms with Crippen molar-refractivity contribution in [2.45, 2.75) is 11.3 Å². The average Bonchev–Trinajstić information content (AvgIpc) is 2.25. The summed E-state index contributed by atoms with van der Waals surface area (Å²) in [6, 6.07) is 1.29. The zero-order valence-electron chi connectivity index (χ0n) is 8.37. The van der Waals surface area contributed by atoms with Gasteiger partial charge in [0.25, 0.3) is 6.43 Å². The standard InChI is InChI=1S/C7H4F2N4O4S/c8-7(9)4-5(13(14)15)6(18(11,16)17)3(1-10)2-12-4/h2,7H,(H2,11,16,17). The van der Waals surface area contributed by atoms with Crippen LogP contribution in [0.2, 0.25) is 0 Å². The molecule has 0 atom stereocenters. The molecule has 1 aromatic rings. The first-order valence-corrected chi connectivity index (χ1v) is 5.63. The van der Waals surface area contributed by atoms with Gasteiger partial charge in [-0.1, -0.05) is 0 Å². The van der Waals surface area contributed by atoms with E-state index in [2.05, 4.69) is 10.1 Å². The molecule has 0 saturated carbocycles.